The molecular weight excluding hydrogens is 297 g/mol. The number of nitrogens with one attached hydrogen (secondary N) is 2. The summed E-state index contributed by atoms with van der Waals surface area (Å²) in [5.74, 6) is -4.11. The number of halogens is 6. The number of anilines is 2. The van der Waals surface area contributed by atoms with E-state index in [2.05, 4.69) is 15.6 Å². The largest absolute Gasteiger partial charge is 0.372 e. The molecule has 0 fully saturated rings. The highest BCUT2D eigenvalue weighted by molar-refractivity contribution is 6.37. The number of alkyl halides is 4. The Kier molecular flexibility index (Phi) is 4.86. The topological polar surface area (TPSA) is 37.0 Å². The van der Waals surface area contributed by atoms with Crippen molar-refractivity contribution in [1.82, 2.24) is 4.98 Å². The van der Waals surface area contributed by atoms with Crippen LogP contribution in [0, 0.1) is 0 Å². The summed E-state index contributed by atoms with van der Waals surface area (Å²) >= 11 is 11.4. The fraction of sp³-hybridized carbons (Fsp3) is 0.444. The second-order valence-corrected chi connectivity index (χ2v) is 4.13. The van der Waals surface area contributed by atoms with Gasteiger partial charge in [0.2, 0.25) is 0 Å². The Hall–Kier alpha value is -0.950. The van der Waals surface area contributed by atoms with Crippen LogP contribution in [0.4, 0.5) is 29.2 Å². The number of hydrogen-bond acceptors (Lipinski definition) is 3. The van der Waals surface area contributed by atoms with Crippen molar-refractivity contribution in [2.24, 2.45) is 0 Å². The first-order valence-electron chi connectivity index (χ1n) is 4.71. The first-order chi connectivity index (χ1) is 8.27. The van der Waals surface area contributed by atoms with Crippen LogP contribution < -0.4 is 10.6 Å². The molecule has 0 aliphatic heterocycles. The number of nitrogens with zero attached hydrogens (tertiary/aromatic N) is 1. The van der Waals surface area contributed by atoms with Gasteiger partial charge >= 0.3 is 12.3 Å². The smallest absolute Gasteiger partial charge is 0.324 e. The van der Waals surface area contributed by atoms with E-state index in [-0.39, 0.29) is 21.7 Å². The van der Waals surface area contributed by atoms with Gasteiger partial charge in [0.05, 0.1) is 16.6 Å². The van der Waals surface area contributed by atoms with Crippen LogP contribution in [0.25, 0.3) is 0 Å². The van der Waals surface area contributed by atoms with Crippen LogP contribution in [0.3, 0.4) is 0 Å². The van der Waals surface area contributed by atoms with Crippen molar-refractivity contribution in [2.45, 2.75) is 12.3 Å². The molecule has 0 radical (unpaired) electrons. The van der Waals surface area contributed by atoms with Gasteiger partial charge in [0.1, 0.15) is 11.6 Å². The van der Waals surface area contributed by atoms with Gasteiger partial charge in [-0.15, -0.1) is 0 Å². The van der Waals surface area contributed by atoms with Crippen molar-refractivity contribution in [1.29, 1.82) is 0 Å². The van der Waals surface area contributed by atoms with Crippen LogP contribution in [0.5, 0.6) is 0 Å². The van der Waals surface area contributed by atoms with Crippen molar-refractivity contribution in [3.05, 3.63) is 16.1 Å². The molecule has 1 rings (SSSR count). The molecule has 2 N–H and O–H groups in total. The Morgan fingerprint density at radius 1 is 1.28 bits per heavy atom. The third-order valence-corrected chi connectivity index (χ3v) is 2.55. The maximum absolute atomic E-state index is 12.7. The molecule has 0 saturated carbocycles. The van der Waals surface area contributed by atoms with E-state index in [1.54, 1.807) is 0 Å². The fourth-order valence-corrected chi connectivity index (χ4v) is 1.56. The molecule has 0 aromatic carbocycles. The Balaban J connectivity index is 2.85. The lowest BCUT2D eigenvalue weighted by Crippen LogP contribution is -2.35. The highest BCUT2D eigenvalue weighted by Gasteiger charge is 2.40. The number of pyridine rings is 1. The Morgan fingerprint density at radius 2 is 1.83 bits per heavy atom. The molecule has 9 heteroatoms. The summed E-state index contributed by atoms with van der Waals surface area (Å²) < 4.78 is 49.3. The fourth-order valence-electron chi connectivity index (χ4n) is 1.04. The predicted molar refractivity (Wildman–Crippen MR) is 63.2 cm³/mol. The predicted octanol–water partition coefficient (Wildman–Crippen LogP) is 3.74. The highest BCUT2D eigenvalue weighted by Crippen LogP contribution is 2.30. The van der Waals surface area contributed by atoms with Gasteiger partial charge in [-0.1, -0.05) is 23.2 Å². The molecule has 0 unspecified atom stereocenters. The molecule has 0 aliphatic rings. The Bertz CT molecular complexity index is 429. The first kappa shape index (κ1) is 15.1. The summed E-state index contributed by atoms with van der Waals surface area (Å²) in [6.45, 7) is -1.28. The SMILES string of the molecule is CNc1nc(NCC(F)(F)C(F)F)c(Cl)cc1Cl. The van der Waals surface area contributed by atoms with E-state index < -0.39 is 18.9 Å². The van der Waals surface area contributed by atoms with Gasteiger partial charge < -0.3 is 10.6 Å². The van der Waals surface area contributed by atoms with E-state index in [0.717, 1.165) is 0 Å². The van der Waals surface area contributed by atoms with Crippen LogP contribution in [0.2, 0.25) is 10.0 Å². The van der Waals surface area contributed by atoms with Gasteiger partial charge in [-0.05, 0) is 6.07 Å². The van der Waals surface area contributed by atoms with Crippen molar-refractivity contribution in [2.75, 3.05) is 24.2 Å². The third-order valence-electron chi connectivity index (χ3n) is 1.98. The van der Waals surface area contributed by atoms with Crippen molar-refractivity contribution in [3.63, 3.8) is 0 Å². The van der Waals surface area contributed by atoms with Gasteiger partial charge in [-0.2, -0.15) is 8.78 Å². The van der Waals surface area contributed by atoms with Gasteiger partial charge in [0.25, 0.3) is 0 Å². The standard InChI is InChI=1S/C9H9Cl2F4N3/c1-16-6-4(10)2-5(11)7(18-6)17-3-9(14,15)8(12)13/h2,8H,3H2,1H3,(H2,16,17,18). The lowest BCUT2D eigenvalue weighted by Gasteiger charge is -2.17. The minimum atomic E-state index is -4.16. The summed E-state index contributed by atoms with van der Waals surface area (Å²) in [6, 6.07) is 1.27. The zero-order chi connectivity index (χ0) is 13.9. The molecule has 0 atom stereocenters. The summed E-state index contributed by atoms with van der Waals surface area (Å²) in [7, 11) is 1.51. The minimum absolute atomic E-state index is 0.0379. The molecule has 1 aromatic heterocycles. The normalized spacial score (nSPS) is 11.8. The molecule has 0 aliphatic carbocycles. The van der Waals surface area contributed by atoms with Gasteiger partial charge in [-0.3, -0.25) is 0 Å². The lowest BCUT2D eigenvalue weighted by atomic mass is 10.3. The number of hydrogen-bond donors (Lipinski definition) is 2. The summed E-state index contributed by atoms with van der Waals surface area (Å²) in [4.78, 5) is 3.79. The van der Waals surface area contributed by atoms with Crippen LogP contribution in [0.1, 0.15) is 0 Å². The van der Waals surface area contributed by atoms with Gasteiger partial charge in [0, 0.05) is 7.05 Å². The Morgan fingerprint density at radius 3 is 2.33 bits per heavy atom. The lowest BCUT2D eigenvalue weighted by molar-refractivity contribution is -0.117. The summed E-state index contributed by atoms with van der Waals surface area (Å²) in [5.41, 5.74) is 0. The monoisotopic (exact) mass is 305 g/mol. The zero-order valence-electron chi connectivity index (χ0n) is 9.08. The molecular formula is C9H9Cl2F4N3. The van der Waals surface area contributed by atoms with Crippen molar-refractivity contribution >= 4 is 34.8 Å². The molecule has 3 nitrogen and oxygen atoms in total. The maximum atomic E-state index is 12.7. The first-order valence-corrected chi connectivity index (χ1v) is 5.47. The quantitative estimate of drug-likeness (QED) is 0.814. The van der Waals surface area contributed by atoms with Crippen LogP contribution >= 0.6 is 23.2 Å². The molecule has 0 amide bonds. The van der Waals surface area contributed by atoms with Crippen LogP contribution in [-0.2, 0) is 0 Å². The molecule has 0 saturated heterocycles. The van der Waals surface area contributed by atoms with E-state index in [0.29, 0.717) is 0 Å². The average molecular weight is 306 g/mol. The molecule has 102 valence electrons. The zero-order valence-corrected chi connectivity index (χ0v) is 10.6. The van der Waals surface area contributed by atoms with Crippen LogP contribution in [-0.4, -0.2) is 30.9 Å². The van der Waals surface area contributed by atoms with Crippen molar-refractivity contribution in [3.8, 4) is 0 Å². The van der Waals surface area contributed by atoms with E-state index in [4.69, 9.17) is 23.2 Å². The highest BCUT2D eigenvalue weighted by atomic mass is 35.5. The number of aromatic nitrogens is 1. The van der Waals surface area contributed by atoms with E-state index in [9.17, 15) is 17.6 Å². The third kappa shape index (κ3) is 3.52. The molecule has 0 bridgehead atoms. The molecule has 18 heavy (non-hydrogen) atoms. The second kappa shape index (κ2) is 5.79. The van der Waals surface area contributed by atoms with Gasteiger partial charge in [0.15, 0.2) is 0 Å². The van der Waals surface area contributed by atoms with Gasteiger partial charge in [-0.25, -0.2) is 13.8 Å². The second-order valence-electron chi connectivity index (χ2n) is 3.31. The summed E-state index contributed by atoms with van der Waals surface area (Å²) in [5, 5.41) is 4.82. The van der Waals surface area contributed by atoms with E-state index in [1.165, 1.54) is 13.1 Å². The van der Waals surface area contributed by atoms with E-state index in [1.807, 2.05) is 0 Å². The van der Waals surface area contributed by atoms with Crippen LogP contribution in [0.15, 0.2) is 6.07 Å². The maximum Gasteiger partial charge on any atom is 0.324 e. The number of rotatable bonds is 5. The van der Waals surface area contributed by atoms with E-state index >= 15 is 0 Å². The minimum Gasteiger partial charge on any atom is -0.372 e. The summed E-state index contributed by atoms with van der Waals surface area (Å²) in [6.07, 6.45) is -3.76. The molecule has 1 heterocycles. The molecule has 1 aromatic rings. The molecule has 0 spiro atoms. The average Bonchev–Trinajstić information content (AvgIpc) is 2.27. The van der Waals surface area contributed by atoms with Crippen molar-refractivity contribution < 1.29 is 17.6 Å². The Labute approximate surface area is 110 Å².